The van der Waals surface area contributed by atoms with Crippen molar-refractivity contribution in [3.63, 3.8) is 0 Å². The Bertz CT molecular complexity index is 721. The van der Waals surface area contributed by atoms with Crippen LogP contribution in [0, 0.1) is 0 Å². The second-order valence-corrected chi connectivity index (χ2v) is 9.18. The SMILES string of the molecule is O=C(Nc1cccc(C2SCCCS2)c1)C1(c2ccccc2)CC1. The molecule has 24 heavy (non-hydrogen) atoms. The maximum atomic E-state index is 12.9. The number of hydrogen-bond acceptors (Lipinski definition) is 3. The summed E-state index contributed by atoms with van der Waals surface area (Å²) in [6, 6.07) is 18.5. The van der Waals surface area contributed by atoms with Crippen LogP contribution < -0.4 is 5.32 Å². The fourth-order valence-electron chi connectivity index (χ4n) is 3.22. The van der Waals surface area contributed by atoms with Crippen LogP contribution >= 0.6 is 23.5 Å². The fraction of sp³-hybridized carbons (Fsp3) is 0.350. The maximum absolute atomic E-state index is 12.9. The van der Waals surface area contributed by atoms with Gasteiger partial charge in [-0.15, -0.1) is 23.5 Å². The van der Waals surface area contributed by atoms with Gasteiger partial charge < -0.3 is 5.32 Å². The molecule has 1 N–H and O–H groups in total. The summed E-state index contributed by atoms with van der Waals surface area (Å²) in [5.41, 5.74) is 3.06. The van der Waals surface area contributed by atoms with Crippen LogP contribution in [0.5, 0.6) is 0 Å². The van der Waals surface area contributed by atoms with Crippen molar-refractivity contribution < 1.29 is 4.79 Å². The van der Waals surface area contributed by atoms with E-state index in [9.17, 15) is 4.79 Å². The van der Waals surface area contributed by atoms with Crippen LogP contribution in [0.2, 0.25) is 0 Å². The van der Waals surface area contributed by atoms with E-state index in [1.54, 1.807) is 0 Å². The summed E-state index contributed by atoms with van der Waals surface area (Å²) in [5, 5.41) is 3.17. The van der Waals surface area contributed by atoms with Crippen LogP contribution in [-0.4, -0.2) is 17.4 Å². The quantitative estimate of drug-likeness (QED) is 0.814. The minimum atomic E-state index is -0.314. The first-order chi connectivity index (χ1) is 11.8. The van der Waals surface area contributed by atoms with Crippen molar-refractivity contribution in [1.29, 1.82) is 0 Å². The maximum Gasteiger partial charge on any atom is 0.235 e. The van der Waals surface area contributed by atoms with E-state index in [-0.39, 0.29) is 11.3 Å². The third-order valence-corrected chi connectivity index (χ3v) is 7.77. The third kappa shape index (κ3) is 3.22. The van der Waals surface area contributed by atoms with Crippen LogP contribution in [0.1, 0.15) is 35.0 Å². The standard InChI is InChI=1S/C20H21NOS2/c22-19(20(10-11-20)16-7-2-1-3-8-16)21-17-9-4-6-15(14-17)18-23-12-5-13-24-18/h1-4,6-9,14,18H,5,10-13H2,(H,21,22). The molecule has 2 aromatic rings. The molecule has 1 saturated heterocycles. The van der Waals surface area contributed by atoms with E-state index in [0.717, 1.165) is 24.1 Å². The summed E-state index contributed by atoms with van der Waals surface area (Å²) in [4.78, 5) is 12.9. The van der Waals surface area contributed by atoms with Crippen molar-refractivity contribution >= 4 is 35.1 Å². The molecule has 0 bridgehead atoms. The van der Waals surface area contributed by atoms with Crippen molar-refractivity contribution in [1.82, 2.24) is 0 Å². The highest BCUT2D eigenvalue weighted by molar-refractivity contribution is 8.16. The molecular weight excluding hydrogens is 334 g/mol. The second-order valence-electron chi connectivity index (χ2n) is 6.45. The first kappa shape index (κ1) is 16.1. The molecule has 0 atom stereocenters. The molecule has 1 amide bonds. The van der Waals surface area contributed by atoms with Gasteiger partial charge in [-0.05, 0) is 54.0 Å². The number of benzene rings is 2. The molecule has 2 aliphatic rings. The molecule has 1 saturated carbocycles. The van der Waals surface area contributed by atoms with Crippen molar-refractivity contribution in [3.8, 4) is 0 Å². The van der Waals surface area contributed by atoms with Crippen molar-refractivity contribution in [3.05, 3.63) is 65.7 Å². The molecule has 1 aliphatic heterocycles. The smallest absolute Gasteiger partial charge is 0.235 e. The van der Waals surface area contributed by atoms with Crippen molar-refractivity contribution in [2.45, 2.75) is 29.3 Å². The Kier molecular flexibility index (Phi) is 4.59. The first-order valence-electron chi connectivity index (χ1n) is 8.48. The average molecular weight is 356 g/mol. The zero-order chi connectivity index (χ0) is 16.4. The lowest BCUT2D eigenvalue weighted by Crippen LogP contribution is -2.27. The lowest BCUT2D eigenvalue weighted by atomic mass is 9.95. The van der Waals surface area contributed by atoms with Gasteiger partial charge in [-0.1, -0.05) is 42.5 Å². The van der Waals surface area contributed by atoms with Gasteiger partial charge in [-0.3, -0.25) is 4.79 Å². The van der Waals surface area contributed by atoms with E-state index >= 15 is 0 Å². The number of amides is 1. The molecule has 0 radical (unpaired) electrons. The van der Waals surface area contributed by atoms with Gasteiger partial charge in [0.15, 0.2) is 0 Å². The first-order valence-corrected chi connectivity index (χ1v) is 10.6. The van der Waals surface area contributed by atoms with E-state index in [4.69, 9.17) is 0 Å². The van der Waals surface area contributed by atoms with Gasteiger partial charge in [0.25, 0.3) is 0 Å². The summed E-state index contributed by atoms with van der Waals surface area (Å²) >= 11 is 4.02. The summed E-state index contributed by atoms with van der Waals surface area (Å²) in [7, 11) is 0. The molecule has 4 heteroatoms. The summed E-state index contributed by atoms with van der Waals surface area (Å²) in [6.45, 7) is 0. The Morgan fingerprint density at radius 2 is 1.75 bits per heavy atom. The third-order valence-electron chi connectivity index (χ3n) is 4.75. The van der Waals surface area contributed by atoms with E-state index in [1.165, 1.54) is 23.5 Å². The predicted molar refractivity (Wildman–Crippen MR) is 105 cm³/mol. The Labute approximate surface area is 151 Å². The van der Waals surface area contributed by atoms with Gasteiger partial charge in [-0.2, -0.15) is 0 Å². The Morgan fingerprint density at radius 3 is 2.46 bits per heavy atom. The molecule has 0 aromatic heterocycles. The van der Waals surface area contributed by atoms with Crippen LogP contribution in [-0.2, 0) is 10.2 Å². The number of carbonyl (C=O) groups excluding carboxylic acids is 1. The average Bonchev–Trinajstić information content (AvgIpc) is 3.46. The van der Waals surface area contributed by atoms with Gasteiger partial charge in [0.2, 0.25) is 5.91 Å². The molecule has 2 fully saturated rings. The number of hydrogen-bond donors (Lipinski definition) is 1. The number of carbonyl (C=O) groups is 1. The number of thioether (sulfide) groups is 2. The van der Waals surface area contributed by atoms with E-state index in [2.05, 4.69) is 35.6 Å². The topological polar surface area (TPSA) is 29.1 Å². The largest absolute Gasteiger partial charge is 0.325 e. The Balaban J connectivity index is 1.50. The summed E-state index contributed by atoms with van der Waals surface area (Å²) < 4.78 is 0.500. The van der Waals surface area contributed by atoms with Gasteiger partial charge in [-0.25, -0.2) is 0 Å². The molecule has 1 heterocycles. The molecule has 2 nitrogen and oxygen atoms in total. The minimum absolute atomic E-state index is 0.134. The second kappa shape index (κ2) is 6.85. The van der Waals surface area contributed by atoms with Crippen LogP contribution in [0.3, 0.4) is 0 Å². The molecule has 1 aliphatic carbocycles. The molecule has 0 spiro atoms. The summed E-state index contributed by atoms with van der Waals surface area (Å²) in [6.07, 6.45) is 3.18. The van der Waals surface area contributed by atoms with Gasteiger partial charge >= 0.3 is 0 Å². The monoisotopic (exact) mass is 355 g/mol. The highest BCUT2D eigenvalue weighted by atomic mass is 32.2. The number of rotatable bonds is 4. The fourth-order valence-corrected chi connectivity index (χ4v) is 6.10. The lowest BCUT2D eigenvalue weighted by Gasteiger charge is -2.22. The minimum Gasteiger partial charge on any atom is -0.325 e. The zero-order valence-electron chi connectivity index (χ0n) is 13.5. The normalized spacial score (nSPS) is 19.7. The van der Waals surface area contributed by atoms with Crippen molar-refractivity contribution in [2.24, 2.45) is 0 Å². The van der Waals surface area contributed by atoms with Crippen LogP contribution in [0.25, 0.3) is 0 Å². The number of nitrogens with one attached hydrogen (secondary N) is 1. The number of anilines is 1. The molecule has 2 aromatic carbocycles. The van der Waals surface area contributed by atoms with Crippen LogP contribution in [0.4, 0.5) is 5.69 Å². The van der Waals surface area contributed by atoms with Gasteiger partial charge in [0, 0.05) is 5.69 Å². The summed E-state index contributed by atoms with van der Waals surface area (Å²) in [5.74, 6) is 2.59. The van der Waals surface area contributed by atoms with E-state index in [1.807, 2.05) is 47.8 Å². The van der Waals surface area contributed by atoms with Gasteiger partial charge in [0.1, 0.15) is 0 Å². The van der Waals surface area contributed by atoms with E-state index in [0.29, 0.717) is 4.58 Å². The molecule has 4 rings (SSSR count). The highest BCUT2D eigenvalue weighted by Gasteiger charge is 2.51. The lowest BCUT2D eigenvalue weighted by molar-refractivity contribution is -0.118. The predicted octanol–water partition coefficient (Wildman–Crippen LogP) is 5.23. The highest BCUT2D eigenvalue weighted by Crippen LogP contribution is 2.49. The Morgan fingerprint density at radius 1 is 1.00 bits per heavy atom. The van der Waals surface area contributed by atoms with Crippen LogP contribution in [0.15, 0.2) is 54.6 Å². The Hall–Kier alpha value is -1.39. The van der Waals surface area contributed by atoms with E-state index < -0.39 is 0 Å². The van der Waals surface area contributed by atoms with Gasteiger partial charge in [0.05, 0.1) is 10.00 Å². The molecule has 124 valence electrons. The molecular formula is C20H21NOS2. The molecule has 0 unspecified atom stereocenters. The van der Waals surface area contributed by atoms with Crippen molar-refractivity contribution in [2.75, 3.05) is 16.8 Å². The zero-order valence-corrected chi connectivity index (χ0v) is 15.2.